The van der Waals surface area contributed by atoms with Crippen molar-refractivity contribution in [1.29, 1.82) is 0 Å². The Morgan fingerprint density at radius 1 is 1.30 bits per heavy atom. The Morgan fingerprint density at radius 2 is 2.10 bits per heavy atom. The highest BCUT2D eigenvalue weighted by Gasteiger charge is 2.18. The minimum atomic E-state index is 0.153. The Bertz CT molecular complexity index is 531. The van der Waals surface area contributed by atoms with Crippen molar-refractivity contribution in [2.45, 2.75) is 46.1 Å². The molecule has 0 spiro atoms. The molecule has 3 nitrogen and oxygen atoms in total. The Labute approximate surface area is 125 Å². The van der Waals surface area contributed by atoms with Crippen LogP contribution in [0.1, 0.15) is 61.1 Å². The van der Waals surface area contributed by atoms with Crippen LogP contribution in [0.4, 0.5) is 0 Å². The van der Waals surface area contributed by atoms with Gasteiger partial charge >= 0.3 is 0 Å². The molecule has 0 aromatic carbocycles. The third kappa shape index (κ3) is 3.64. The lowest BCUT2D eigenvalue weighted by molar-refractivity contribution is 0.591. The number of nitrogens with zero attached hydrogens (tertiary/aromatic N) is 2. The standard InChI is InChI=1S/C16H23N3S/c1-5-8-17-15(13-7-6-12(4)18-9-13)16-19-14(10-20-16)11(2)3/h6-7,9-11,15,17H,5,8H2,1-4H3. The van der Waals surface area contributed by atoms with Gasteiger partial charge in [0.05, 0.1) is 11.7 Å². The number of aromatic nitrogens is 2. The quantitative estimate of drug-likeness (QED) is 0.871. The average molecular weight is 289 g/mol. The lowest BCUT2D eigenvalue weighted by Gasteiger charge is -2.16. The Balaban J connectivity index is 2.28. The molecule has 108 valence electrons. The van der Waals surface area contributed by atoms with E-state index >= 15 is 0 Å². The normalized spacial score (nSPS) is 12.8. The van der Waals surface area contributed by atoms with Gasteiger partial charge in [-0.15, -0.1) is 11.3 Å². The van der Waals surface area contributed by atoms with Crippen LogP contribution in [0.25, 0.3) is 0 Å². The first kappa shape index (κ1) is 15.1. The van der Waals surface area contributed by atoms with Gasteiger partial charge in [-0.1, -0.05) is 26.8 Å². The molecule has 0 radical (unpaired) electrons. The van der Waals surface area contributed by atoms with Gasteiger partial charge in [0, 0.05) is 17.3 Å². The van der Waals surface area contributed by atoms with E-state index in [1.54, 1.807) is 11.3 Å². The summed E-state index contributed by atoms with van der Waals surface area (Å²) in [6.07, 6.45) is 3.07. The van der Waals surface area contributed by atoms with Crippen LogP contribution in [0.5, 0.6) is 0 Å². The molecule has 20 heavy (non-hydrogen) atoms. The maximum atomic E-state index is 4.79. The molecular formula is C16H23N3S. The van der Waals surface area contributed by atoms with E-state index < -0.39 is 0 Å². The van der Waals surface area contributed by atoms with Gasteiger partial charge in [-0.2, -0.15) is 0 Å². The van der Waals surface area contributed by atoms with Crippen LogP contribution in [0.15, 0.2) is 23.7 Å². The number of rotatable bonds is 6. The highest BCUT2D eigenvalue weighted by atomic mass is 32.1. The summed E-state index contributed by atoms with van der Waals surface area (Å²) in [5, 5.41) is 6.88. The molecule has 1 atom stereocenters. The van der Waals surface area contributed by atoms with Crippen LogP contribution in [0.2, 0.25) is 0 Å². The molecule has 2 heterocycles. The summed E-state index contributed by atoms with van der Waals surface area (Å²) in [5.41, 5.74) is 3.41. The van der Waals surface area contributed by atoms with Crippen LogP contribution >= 0.6 is 11.3 Å². The molecule has 0 saturated heterocycles. The van der Waals surface area contributed by atoms with Crippen LogP contribution in [0, 0.1) is 6.92 Å². The first-order valence-electron chi connectivity index (χ1n) is 7.23. The average Bonchev–Trinajstić information content (AvgIpc) is 2.91. The summed E-state index contributed by atoms with van der Waals surface area (Å²) in [7, 11) is 0. The van der Waals surface area contributed by atoms with Gasteiger partial charge < -0.3 is 5.32 Å². The lowest BCUT2D eigenvalue weighted by atomic mass is 10.1. The second kappa shape index (κ2) is 6.95. The largest absolute Gasteiger partial charge is 0.304 e. The number of nitrogens with one attached hydrogen (secondary N) is 1. The minimum absolute atomic E-state index is 0.153. The molecule has 1 N–H and O–H groups in total. The van der Waals surface area contributed by atoms with Gasteiger partial charge in [0.1, 0.15) is 5.01 Å². The molecule has 4 heteroatoms. The minimum Gasteiger partial charge on any atom is -0.304 e. The van der Waals surface area contributed by atoms with Crippen molar-refractivity contribution in [2.24, 2.45) is 0 Å². The summed E-state index contributed by atoms with van der Waals surface area (Å²) in [5.74, 6) is 0.475. The molecule has 0 amide bonds. The fourth-order valence-electron chi connectivity index (χ4n) is 1.98. The second-order valence-corrected chi connectivity index (χ2v) is 6.28. The second-order valence-electron chi connectivity index (χ2n) is 5.39. The summed E-state index contributed by atoms with van der Waals surface area (Å²) >= 11 is 1.73. The van der Waals surface area contributed by atoms with E-state index in [9.17, 15) is 0 Å². The molecular weight excluding hydrogens is 266 g/mol. The number of aryl methyl sites for hydroxylation is 1. The Kier molecular flexibility index (Phi) is 5.26. The molecule has 1 unspecified atom stereocenters. The van der Waals surface area contributed by atoms with Crippen molar-refractivity contribution in [2.75, 3.05) is 6.54 Å². The van der Waals surface area contributed by atoms with Crippen molar-refractivity contribution < 1.29 is 0 Å². The monoisotopic (exact) mass is 289 g/mol. The molecule has 0 aliphatic heterocycles. The van der Waals surface area contributed by atoms with Crippen LogP contribution < -0.4 is 5.32 Å². The van der Waals surface area contributed by atoms with E-state index in [1.165, 1.54) is 11.3 Å². The molecule has 0 saturated carbocycles. The zero-order valence-corrected chi connectivity index (χ0v) is 13.5. The van der Waals surface area contributed by atoms with Crippen molar-refractivity contribution in [3.63, 3.8) is 0 Å². The van der Waals surface area contributed by atoms with Crippen LogP contribution in [0.3, 0.4) is 0 Å². The number of hydrogen-bond donors (Lipinski definition) is 1. The SMILES string of the molecule is CCCNC(c1ccc(C)nc1)c1nc(C(C)C)cs1. The van der Waals surface area contributed by atoms with Gasteiger partial charge in [-0.25, -0.2) is 4.98 Å². The van der Waals surface area contributed by atoms with Gasteiger partial charge in [-0.3, -0.25) is 4.98 Å². The van der Waals surface area contributed by atoms with Crippen molar-refractivity contribution in [3.05, 3.63) is 45.7 Å². The van der Waals surface area contributed by atoms with Crippen molar-refractivity contribution in [3.8, 4) is 0 Å². The predicted octanol–water partition coefficient (Wildman–Crippen LogP) is 4.06. The van der Waals surface area contributed by atoms with Crippen LogP contribution in [-0.4, -0.2) is 16.5 Å². The molecule has 0 fully saturated rings. The maximum Gasteiger partial charge on any atom is 0.114 e. The lowest BCUT2D eigenvalue weighted by Crippen LogP contribution is -2.23. The van der Waals surface area contributed by atoms with E-state index in [4.69, 9.17) is 4.98 Å². The zero-order valence-electron chi connectivity index (χ0n) is 12.7. The highest BCUT2D eigenvalue weighted by Crippen LogP contribution is 2.27. The molecule has 2 aromatic heterocycles. The van der Waals surface area contributed by atoms with Gasteiger partial charge in [0.15, 0.2) is 0 Å². The number of thiazole rings is 1. The summed E-state index contributed by atoms with van der Waals surface area (Å²) in [6.45, 7) is 9.54. The third-order valence-electron chi connectivity index (χ3n) is 3.24. The first-order valence-corrected chi connectivity index (χ1v) is 8.11. The van der Waals surface area contributed by atoms with Crippen molar-refractivity contribution in [1.82, 2.24) is 15.3 Å². The highest BCUT2D eigenvalue weighted by molar-refractivity contribution is 7.09. The fourth-order valence-corrected chi connectivity index (χ4v) is 3.06. The zero-order chi connectivity index (χ0) is 14.5. The van der Waals surface area contributed by atoms with Crippen molar-refractivity contribution >= 4 is 11.3 Å². The van der Waals surface area contributed by atoms with Gasteiger partial charge in [0.2, 0.25) is 0 Å². The molecule has 0 aliphatic rings. The molecule has 2 aromatic rings. The summed E-state index contributed by atoms with van der Waals surface area (Å²) in [6, 6.07) is 4.36. The molecule has 0 aliphatic carbocycles. The smallest absolute Gasteiger partial charge is 0.114 e. The van der Waals surface area contributed by atoms with Gasteiger partial charge in [0.25, 0.3) is 0 Å². The predicted molar refractivity (Wildman–Crippen MR) is 85.3 cm³/mol. The summed E-state index contributed by atoms with van der Waals surface area (Å²) < 4.78 is 0. The topological polar surface area (TPSA) is 37.8 Å². The van der Waals surface area contributed by atoms with E-state index in [-0.39, 0.29) is 6.04 Å². The number of pyridine rings is 1. The fraction of sp³-hybridized carbons (Fsp3) is 0.500. The Morgan fingerprint density at radius 3 is 2.65 bits per heavy atom. The Hall–Kier alpha value is -1.26. The van der Waals surface area contributed by atoms with Gasteiger partial charge in [-0.05, 0) is 37.4 Å². The maximum absolute atomic E-state index is 4.79. The van der Waals surface area contributed by atoms with E-state index in [1.807, 2.05) is 13.1 Å². The molecule has 0 bridgehead atoms. The first-order chi connectivity index (χ1) is 9.61. The third-order valence-corrected chi connectivity index (χ3v) is 4.17. The van der Waals surface area contributed by atoms with E-state index in [0.717, 1.165) is 23.7 Å². The van der Waals surface area contributed by atoms with E-state index in [2.05, 4.69) is 48.6 Å². The summed E-state index contributed by atoms with van der Waals surface area (Å²) in [4.78, 5) is 9.20. The number of hydrogen-bond acceptors (Lipinski definition) is 4. The van der Waals surface area contributed by atoms with Crippen LogP contribution in [-0.2, 0) is 0 Å². The molecule has 2 rings (SSSR count). The van der Waals surface area contributed by atoms with E-state index in [0.29, 0.717) is 5.92 Å².